The first kappa shape index (κ1) is 18.5. The zero-order valence-corrected chi connectivity index (χ0v) is 15.1. The Bertz CT molecular complexity index is 746. The lowest BCUT2D eigenvalue weighted by Gasteiger charge is -2.20. The largest absolute Gasteiger partial charge is 0.376 e. The van der Waals surface area contributed by atoms with E-state index >= 15 is 0 Å². The minimum atomic E-state index is -0.297. The van der Waals surface area contributed by atoms with E-state index in [1.165, 1.54) is 0 Å². The maximum Gasteiger partial charge on any atom is 0.251 e. The number of aryl methyl sites for hydroxylation is 1. The smallest absolute Gasteiger partial charge is 0.251 e. The van der Waals surface area contributed by atoms with E-state index in [9.17, 15) is 9.59 Å². The normalized spacial score (nSPS) is 10.9. The van der Waals surface area contributed by atoms with E-state index in [-0.39, 0.29) is 23.9 Å². The van der Waals surface area contributed by atoms with Gasteiger partial charge in [0.15, 0.2) is 0 Å². The van der Waals surface area contributed by atoms with Crippen molar-refractivity contribution < 1.29 is 9.59 Å². The second-order valence-corrected chi connectivity index (χ2v) is 7.05. The molecule has 2 aromatic rings. The Morgan fingerprint density at radius 3 is 2.28 bits per heavy atom. The molecule has 0 fully saturated rings. The summed E-state index contributed by atoms with van der Waals surface area (Å²) in [7, 11) is 0. The molecule has 0 saturated carbocycles. The van der Waals surface area contributed by atoms with Crippen LogP contribution in [-0.2, 0) is 4.79 Å². The molecule has 3 N–H and O–H groups in total. The third-order valence-electron chi connectivity index (χ3n) is 3.40. The molecule has 0 unspecified atom stereocenters. The maximum atomic E-state index is 12.2. The van der Waals surface area contributed by atoms with Gasteiger partial charge in [0.05, 0.1) is 6.54 Å². The van der Waals surface area contributed by atoms with Gasteiger partial charge in [-0.15, -0.1) is 0 Å². The van der Waals surface area contributed by atoms with Gasteiger partial charge in [0.1, 0.15) is 0 Å². The van der Waals surface area contributed by atoms with Crippen LogP contribution in [0.25, 0.3) is 0 Å². The highest BCUT2D eigenvalue weighted by atomic mass is 16.2. The van der Waals surface area contributed by atoms with Gasteiger partial charge in [0.2, 0.25) is 5.91 Å². The molecular weight excluding hydrogens is 314 g/mol. The number of hydrogen-bond donors (Lipinski definition) is 3. The van der Waals surface area contributed by atoms with Gasteiger partial charge in [-0.2, -0.15) is 0 Å². The van der Waals surface area contributed by atoms with Crippen molar-refractivity contribution in [2.45, 2.75) is 33.2 Å². The minimum Gasteiger partial charge on any atom is -0.376 e. The molecule has 0 aromatic heterocycles. The molecule has 0 heterocycles. The number of benzene rings is 2. The highest BCUT2D eigenvalue weighted by Crippen LogP contribution is 2.12. The molecule has 0 bridgehead atoms. The van der Waals surface area contributed by atoms with Crippen molar-refractivity contribution in [3.05, 3.63) is 59.7 Å². The number of carbonyl (C=O) groups excluding carboxylic acids is 2. The number of hydrogen-bond acceptors (Lipinski definition) is 3. The first-order valence-electron chi connectivity index (χ1n) is 8.26. The third kappa shape index (κ3) is 6.30. The predicted octanol–water partition coefficient (Wildman–Crippen LogP) is 3.57. The Morgan fingerprint density at radius 2 is 1.64 bits per heavy atom. The van der Waals surface area contributed by atoms with Gasteiger partial charge in [0, 0.05) is 22.5 Å². The molecule has 0 spiro atoms. The van der Waals surface area contributed by atoms with E-state index in [2.05, 4.69) is 16.0 Å². The van der Waals surface area contributed by atoms with Crippen LogP contribution in [0.15, 0.2) is 48.5 Å². The van der Waals surface area contributed by atoms with Crippen LogP contribution in [0.2, 0.25) is 0 Å². The fourth-order valence-electron chi connectivity index (χ4n) is 2.21. The van der Waals surface area contributed by atoms with E-state index in [1.807, 2.05) is 58.0 Å². The molecule has 25 heavy (non-hydrogen) atoms. The highest BCUT2D eigenvalue weighted by Gasteiger charge is 2.15. The first-order valence-corrected chi connectivity index (χ1v) is 8.26. The molecule has 5 heteroatoms. The number of rotatable bonds is 5. The summed E-state index contributed by atoms with van der Waals surface area (Å²) in [4.78, 5) is 24.2. The summed E-state index contributed by atoms with van der Waals surface area (Å²) in [5.74, 6) is -0.284. The monoisotopic (exact) mass is 339 g/mol. The molecule has 0 aliphatic heterocycles. The van der Waals surface area contributed by atoms with Gasteiger partial charge in [-0.1, -0.05) is 23.8 Å². The van der Waals surface area contributed by atoms with Crippen LogP contribution in [0.5, 0.6) is 0 Å². The van der Waals surface area contributed by atoms with Crippen molar-refractivity contribution in [3.8, 4) is 0 Å². The van der Waals surface area contributed by atoms with E-state index < -0.39 is 0 Å². The second kappa shape index (κ2) is 7.83. The van der Waals surface area contributed by atoms with Gasteiger partial charge in [-0.05, 0) is 58.0 Å². The SMILES string of the molecule is Cc1ccc(NC(=O)CNc2cccc(C(=O)NC(C)(C)C)c2)cc1. The summed E-state index contributed by atoms with van der Waals surface area (Å²) in [6, 6.07) is 14.7. The lowest BCUT2D eigenvalue weighted by atomic mass is 10.1. The lowest BCUT2D eigenvalue weighted by Crippen LogP contribution is -2.40. The fourth-order valence-corrected chi connectivity index (χ4v) is 2.21. The van der Waals surface area contributed by atoms with Crippen molar-refractivity contribution in [2.75, 3.05) is 17.2 Å². The summed E-state index contributed by atoms with van der Waals surface area (Å²) < 4.78 is 0. The molecule has 0 aliphatic rings. The van der Waals surface area contributed by atoms with Crippen molar-refractivity contribution in [2.24, 2.45) is 0 Å². The molecule has 2 amide bonds. The highest BCUT2D eigenvalue weighted by molar-refractivity contribution is 5.96. The van der Waals surface area contributed by atoms with Gasteiger partial charge in [0.25, 0.3) is 5.91 Å². The zero-order chi connectivity index (χ0) is 18.4. The standard InChI is InChI=1S/C20H25N3O2/c1-14-8-10-16(11-9-14)22-18(24)13-21-17-7-5-6-15(12-17)19(25)23-20(2,3)4/h5-12,21H,13H2,1-4H3,(H,22,24)(H,23,25). The average Bonchev–Trinajstić information content (AvgIpc) is 2.54. The Labute approximate surface area is 148 Å². The van der Waals surface area contributed by atoms with E-state index in [4.69, 9.17) is 0 Å². The van der Waals surface area contributed by atoms with Crippen LogP contribution in [-0.4, -0.2) is 23.9 Å². The number of carbonyl (C=O) groups is 2. The van der Waals surface area contributed by atoms with Crippen molar-refractivity contribution in [3.63, 3.8) is 0 Å². The topological polar surface area (TPSA) is 70.2 Å². The third-order valence-corrected chi connectivity index (χ3v) is 3.40. The molecule has 0 radical (unpaired) electrons. The van der Waals surface area contributed by atoms with Crippen LogP contribution >= 0.6 is 0 Å². The fraction of sp³-hybridized carbons (Fsp3) is 0.300. The molecule has 5 nitrogen and oxygen atoms in total. The number of amides is 2. The van der Waals surface area contributed by atoms with E-state index in [1.54, 1.807) is 18.2 Å². The molecule has 132 valence electrons. The summed E-state index contributed by atoms with van der Waals surface area (Å²) >= 11 is 0. The molecule has 0 aliphatic carbocycles. The van der Waals surface area contributed by atoms with Gasteiger partial charge in [-0.3, -0.25) is 9.59 Å². The lowest BCUT2D eigenvalue weighted by molar-refractivity contribution is -0.114. The van der Waals surface area contributed by atoms with Crippen LogP contribution in [0.1, 0.15) is 36.7 Å². The average molecular weight is 339 g/mol. The second-order valence-electron chi connectivity index (χ2n) is 7.05. The summed E-state index contributed by atoms with van der Waals surface area (Å²) in [6.07, 6.45) is 0. The first-order chi connectivity index (χ1) is 11.7. The molecular formula is C20H25N3O2. The summed E-state index contributed by atoms with van der Waals surface area (Å²) in [5, 5.41) is 8.79. The van der Waals surface area contributed by atoms with Gasteiger partial charge in [-0.25, -0.2) is 0 Å². The predicted molar refractivity (Wildman–Crippen MR) is 102 cm³/mol. The quantitative estimate of drug-likeness (QED) is 0.780. The number of nitrogens with one attached hydrogen (secondary N) is 3. The molecule has 0 atom stereocenters. The maximum absolute atomic E-state index is 12.2. The van der Waals surface area contributed by atoms with Crippen LogP contribution in [0.4, 0.5) is 11.4 Å². The summed E-state index contributed by atoms with van der Waals surface area (Å²) in [6.45, 7) is 7.92. The van der Waals surface area contributed by atoms with Gasteiger partial charge < -0.3 is 16.0 Å². The van der Waals surface area contributed by atoms with Crippen LogP contribution < -0.4 is 16.0 Å². The molecule has 0 saturated heterocycles. The minimum absolute atomic E-state index is 0.123. The Hall–Kier alpha value is -2.82. The Kier molecular flexibility index (Phi) is 5.80. The number of anilines is 2. The van der Waals surface area contributed by atoms with Crippen LogP contribution in [0, 0.1) is 6.92 Å². The van der Waals surface area contributed by atoms with Crippen molar-refractivity contribution in [1.82, 2.24) is 5.32 Å². The Morgan fingerprint density at radius 1 is 0.960 bits per heavy atom. The van der Waals surface area contributed by atoms with Crippen LogP contribution in [0.3, 0.4) is 0 Å². The Balaban J connectivity index is 1.92. The zero-order valence-electron chi connectivity index (χ0n) is 15.1. The van der Waals surface area contributed by atoms with E-state index in [0.29, 0.717) is 5.56 Å². The molecule has 2 aromatic carbocycles. The summed E-state index contributed by atoms with van der Waals surface area (Å²) in [5.41, 5.74) is 2.88. The van der Waals surface area contributed by atoms with E-state index in [0.717, 1.165) is 16.9 Å². The van der Waals surface area contributed by atoms with Crippen molar-refractivity contribution in [1.29, 1.82) is 0 Å². The molecule has 2 rings (SSSR count). The van der Waals surface area contributed by atoms with Crippen molar-refractivity contribution >= 4 is 23.2 Å². The van der Waals surface area contributed by atoms with Gasteiger partial charge >= 0.3 is 0 Å².